The molecule has 0 unspecified atom stereocenters. The Hall–Kier alpha value is -1.59. The fourth-order valence-electron chi connectivity index (χ4n) is 2.47. The topological polar surface area (TPSA) is 79.9 Å². The molecule has 20 heavy (non-hydrogen) atoms. The lowest BCUT2D eigenvalue weighted by atomic mass is 9.89. The van der Waals surface area contributed by atoms with Crippen molar-refractivity contribution in [2.24, 2.45) is 10.9 Å². The predicted molar refractivity (Wildman–Crippen MR) is 79.0 cm³/mol. The number of nitrogens with zero attached hydrogens (tertiary/aromatic N) is 1. The molecule has 110 valence electrons. The molecule has 0 saturated heterocycles. The van der Waals surface area contributed by atoms with E-state index >= 15 is 0 Å². The Morgan fingerprint density at radius 1 is 1.50 bits per heavy atom. The van der Waals surface area contributed by atoms with Gasteiger partial charge in [-0.15, -0.1) is 0 Å². The van der Waals surface area contributed by atoms with E-state index in [1.807, 2.05) is 32.0 Å². The standard InChI is InChI=1S/C15H23N3O2/c1-3-20-14-7-13(8-14)17-9-12-5-4-11(6-10(12)2)15(16)18-19/h4-6,13-14,17,19H,3,7-9H2,1-2H3,(H2,16,18). The minimum absolute atomic E-state index is 0.145. The van der Waals surface area contributed by atoms with Gasteiger partial charge in [0.25, 0.3) is 0 Å². The number of aryl methyl sites for hydroxylation is 1. The van der Waals surface area contributed by atoms with E-state index in [9.17, 15) is 0 Å². The largest absolute Gasteiger partial charge is 0.409 e. The molecule has 1 aromatic carbocycles. The Morgan fingerprint density at radius 2 is 2.25 bits per heavy atom. The zero-order valence-electron chi connectivity index (χ0n) is 12.1. The fourth-order valence-corrected chi connectivity index (χ4v) is 2.47. The number of hydrogen-bond donors (Lipinski definition) is 3. The summed E-state index contributed by atoms with van der Waals surface area (Å²) >= 11 is 0. The first-order valence-electron chi connectivity index (χ1n) is 7.06. The van der Waals surface area contributed by atoms with Gasteiger partial charge in [0.05, 0.1) is 6.10 Å². The Labute approximate surface area is 119 Å². The average molecular weight is 277 g/mol. The van der Waals surface area contributed by atoms with Gasteiger partial charge in [0.1, 0.15) is 0 Å². The molecule has 1 aliphatic carbocycles. The summed E-state index contributed by atoms with van der Waals surface area (Å²) in [5, 5.41) is 15.2. The van der Waals surface area contributed by atoms with Crippen molar-refractivity contribution in [1.82, 2.24) is 5.32 Å². The Kier molecular flexibility index (Phi) is 4.98. The van der Waals surface area contributed by atoms with Crippen molar-refractivity contribution in [3.05, 3.63) is 34.9 Å². The van der Waals surface area contributed by atoms with Gasteiger partial charge in [0.15, 0.2) is 5.84 Å². The molecule has 5 heteroatoms. The van der Waals surface area contributed by atoms with Gasteiger partial charge in [-0.1, -0.05) is 17.3 Å². The summed E-state index contributed by atoms with van der Waals surface area (Å²) in [4.78, 5) is 0. The highest BCUT2D eigenvalue weighted by molar-refractivity contribution is 5.97. The summed E-state index contributed by atoms with van der Waals surface area (Å²) in [5.74, 6) is 0.145. The van der Waals surface area contributed by atoms with E-state index in [-0.39, 0.29) is 5.84 Å². The van der Waals surface area contributed by atoms with Crippen LogP contribution >= 0.6 is 0 Å². The molecular weight excluding hydrogens is 254 g/mol. The fraction of sp³-hybridized carbons (Fsp3) is 0.533. The molecule has 1 fully saturated rings. The molecule has 1 aliphatic rings. The van der Waals surface area contributed by atoms with Crippen LogP contribution < -0.4 is 11.1 Å². The van der Waals surface area contributed by atoms with Crippen LogP contribution in [0.4, 0.5) is 0 Å². The maximum atomic E-state index is 8.67. The van der Waals surface area contributed by atoms with Gasteiger partial charge in [-0.2, -0.15) is 0 Å². The lowest BCUT2D eigenvalue weighted by Crippen LogP contribution is -2.45. The highest BCUT2D eigenvalue weighted by Gasteiger charge is 2.28. The lowest BCUT2D eigenvalue weighted by Gasteiger charge is -2.35. The summed E-state index contributed by atoms with van der Waals surface area (Å²) < 4.78 is 5.55. The number of oxime groups is 1. The molecule has 0 heterocycles. The number of rotatable bonds is 6. The van der Waals surface area contributed by atoms with Crippen LogP contribution in [0.3, 0.4) is 0 Å². The van der Waals surface area contributed by atoms with Gasteiger partial charge in [-0.05, 0) is 43.9 Å². The van der Waals surface area contributed by atoms with Crippen molar-refractivity contribution in [1.29, 1.82) is 0 Å². The van der Waals surface area contributed by atoms with E-state index in [1.54, 1.807) is 0 Å². The molecule has 2 rings (SSSR count). The third-order valence-corrected chi connectivity index (χ3v) is 3.82. The summed E-state index contributed by atoms with van der Waals surface area (Å²) in [7, 11) is 0. The molecule has 0 aromatic heterocycles. The first-order chi connectivity index (χ1) is 9.63. The molecule has 0 aliphatic heterocycles. The van der Waals surface area contributed by atoms with Gasteiger partial charge >= 0.3 is 0 Å². The van der Waals surface area contributed by atoms with Crippen LogP contribution in [0.1, 0.15) is 36.5 Å². The van der Waals surface area contributed by atoms with E-state index in [4.69, 9.17) is 15.7 Å². The van der Waals surface area contributed by atoms with Crippen molar-refractivity contribution in [3.63, 3.8) is 0 Å². The van der Waals surface area contributed by atoms with Crippen LogP contribution in [-0.2, 0) is 11.3 Å². The van der Waals surface area contributed by atoms with Crippen LogP contribution in [0.15, 0.2) is 23.4 Å². The molecule has 0 radical (unpaired) electrons. The van der Waals surface area contributed by atoms with Gasteiger partial charge in [-0.25, -0.2) is 0 Å². The van der Waals surface area contributed by atoms with Crippen molar-refractivity contribution in [2.75, 3.05) is 6.61 Å². The smallest absolute Gasteiger partial charge is 0.170 e. The molecular formula is C15H23N3O2. The first-order valence-corrected chi connectivity index (χ1v) is 7.06. The van der Waals surface area contributed by atoms with Crippen LogP contribution in [-0.4, -0.2) is 29.8 Å². The quantitative estimate of drug-likeness (QED) is 0.320. The van der Waals surface area contributed by atoms with Crippen molar-refractivity contribution >= 4 is 5.84 Å². The van der Waals surface area contributed by atoms with E-state index in [1.165, 1.54) is 5.56 Å². The Morgan fingerprint density at radius 3 is 2.85 bits per heavy atom. The van der Waals surface area contributed by atoms with Gasteiger partial charge < -0.3 is 21.0 Å². The Bertz CT molecular complexity index is 482. The van der Waals surface area contributed by atoms with E-state index in [0.717, 1.165) is 37.1 Å². The monoisotopic (exact) mass is 277 g/mol. The second-order valence-electron chi connectivity index (χ2n) is 5.25. The van der Waals surface area contributed by atoms with Crippen molar-refractivity contribution in [3.8, 4) is 0 Å². The normalized spacial score (nSPS) is 22.6. The SMILES string of the molecule is CCOC1CC(NCc2ccc(/C(N)=N/O)cc2C)C1. The van der Waals surface area contributed by atoms with Gasteiger partial charge in [0, 0.05) is 24.8 Å². The van der Waals surface area contributed by atoms with E-state index < -0.39 is 0 Å². The molecule has 1 saturated carbocycles. The maximum Gasteiger partial charge on any atom is 0.170 e. The van der Waals surface area contributed by atoms with E-state index in [2.05, 4.69) is 10.5 Å². The van der Waals surface area contributed by atoms with Crippen LogP contribution in [0.5, 0.6) is 0 Å². The number of nitrogens with two attached hydrogens (primary N) is 1. The summed E-state index contributed by atoms with van der Waals surface area (Å²) in [5.41, 5.74) is 8.70. The summed E-state index contributed by atoms with van der Waals surface area (Å²) in [6.45, 7) is 5.71. The minimum atomic E-state index is 0.145. The first kappa shape index (κ1) is 14.8. The maximum absolute atomic E-state index is 8.67. The summed E-state index contributed by atoms with van der Waals surface area (Å²) in [6, 6.07) is 6.39. The van der Waals surface area contributed by atoms with Crippen LogP contribution in [0.2, 0.25) is 0 Å². The third-order valence-electron chi connectivity index (χ3n) is 3.82. The van der Waals surface area contributed by atoms with Crippen LogP contribution in [0.25, 0.3) is 0 Å². The second-order valence-corrected chi connectivity index (χ2v) is 5.25. The summed E-state index contributed by atoms with van der Waals surface area (Å²) in [6.07, 6.45) is 2.62. The van der Waals surface area contributed by atoms with Gasteiger partial charge in [0.2, 0.25) is 0 Å². The van der Waals surface area contributed by atoms with Crippen molar-refractivity contribution < 1.29 is 9.94 Å². The number of amidine groups is 1. The predicted octanol–water partition coefficient (Wildman–Crippen LogP) is 1.75. The molecule has 0 amide bonds. The average Bonchev–Trinajstić information content (AvgIpc) is 2.41. The number of hydrogen-bond acceptors (Lipinski definition) is 4. The third kappa shape index (κ3) is 3.49. The van der Waals surface area contributed by atoms with E-state index in [0.29, 0.717) is 12.1 Å². The second kappa shape index (κ2) is 6.72. The molecule has 1 aromatic rings. The number of nitrogens with one attached hydrogen (secondary N) is 1. The molecule has 4 N–H and O–H groups in total. The Balaban J connectivity index is 1.85. The zero-order chi connectivity index (χ0) is 14.5. The molecule has 0 bridgehead atoms. The molecule has 5 nitrogen and oxygen atoms in total. The van der Waals surface area contributed by atoms with Gasteiger partial charge in [-0.3, -0.25) is 0 Å². The molecule has 0 spiro atoms. The van der Waals surface area contributed by atoms with Crippen molar-refractivity contribution in [2.45, 2.75) is 45.4 Å². The minimum Gasteiger partial charge on any atom is -0.409 e. The number of ether oxygens (including phenoxy) is 1. The zero-order valence-corrected chi connectivity index (χ0v) is 12.1. The lowest BCUT2D eigenvalue weighted by molar-refractivity contribution is -0.0102. The number of benzene rings is 1. The highest BCUT2D eigenvalue weighted by Crippen LogP contribution is 2.23. The molecule has 0 atom stereocenters. The highest BCUT2D eigenvalue weighted by atomic mass is 16.5. The van der Waals surface area contributed by atoms with Crippen LogP contribution in [0, 0.1) is 6.92 Å².